The topological polar surface area (TPSA) is 75.2 Å². The highest BCUT2D eigenvalue weighted by atomic mass is 19.4. The summed E-state index contributed by atoms with van der Waals surface area (Å²) in [6, 6.07) is 8.44. The van der Waals surface area contributed by atoms with E-state index in [4.69, 9.17) is 0 Å². The molecule has 6 nitrogen and oxygen atoms in total. The lowest BCUT2D eigenvalue weighted by atomic mass is 9.77. The predicted octanol–water partition coefficient (Wildman–Crippen LogP) is 4.87. The summed E-state index contributed by atoms with van der Waals surface area (Å²) in [6.45, 7) is 3.55. The first-order valence-corrected chi connectivity index (χ1v) is 12.4. The Morgan fingerprint density at radius 3 is 2.31 bits per heavy atom. The molecule has 188 valence electrons. The molecule has 1 aliphatic carbocycles. The second-order valence-corrected chi connectivity index (χ2v) is 9.46. The molecule has 0 bridgehead atoms. The van der Waals surface area contributed by atoms with Gasteiger partial charge in [0.2, 0.25) is 0 Å². The Kier molecular flexibility index (Phi) is 8.15. The fourth-order valence-electron chi connectivity index (χ4n) is 5.10. The number of carbonyl (C=O) groups is 2. The van der Waals surface area contributed by atoms with Gasteiger partial charge in [0.05, 0.1) is 11.3 Å². The van der Waals surface area contributed by atoms with Gasteiger partial charge in [0.25, 0.3) is 5.91 Å². The summed E-state index contributed by atoms with van der Waals surface area (Å²) >= 11 is 0. The third kappa shape index (κ3) is 6.45. The number of benzene rings is 1. The van der Waals surface area contributed by atoms with Crippen LogP contribution in [0.25, 0.3) is 0 Å². The van der Waals surface area contributed by atoms with Gasteiger partial charge in [-0.3, -0.25) is 9.59 Å². The molecular weight excluding hydrogens is 457 g/mol. The van der Waals surface area contributed by atoms with E-state index in [9.17, 15) is 22.8 Å². The van der Waals surface area contributed by atoms with Crippen molar-refractivity contribution in [3.63, 3.8) is 0 Å². The fourth-order valence-corrected chi connectivity index (χ4v) is 5.10. The van der Waals surface area contributed by atoms with Crippen molar-refractivity contribution in [3.8, 4) is 0 Å². The van der Waals surface area contributed by atoms with E-state index < -0.39 is 23.4 Å². The number of rotatable bonds is 7. The molecule has 0 atom stereocenters. The maximum Gasteiger partial charge on any atom is 0.417 e. The number of amides is 1. The largest absolute Gasteiger partial charge is 0.417 e. The number of aromatic nitrogens is 2. The minimum absolute atomic E-state index is 0.0700. The molecule has 2 heterocycles. The van der Waals surface area contributed by atoms with E-state index in [-0.39, 0.29) is 23.1 Å². The van der Waals surface area contributed by atoms with E-state index >= 15 is 0 Å². The molecule has 1 saturated carbocycles. The minimum Gasteiger partial charge on any atom is -0.349 e. The van der Waals surface area contributed by atoms with Crippen LogP contribution in [0.2, 0.25) is 0 Å². The Morgan fingerprint density at radius 1 is 0.943 bits per heavy atom. The highest BCUT2D eigenvalue weighted by Crippen LogP contribution is 2.38. The third-order valence-electron chi connectivity index (χ3n) is 7.09. The van der Waals surface area contributed by atoms with Gasteiger partial charge in [-0.05, 0) is 69.8 Å². The van der Waals surface area contributed by atoms with Crippen LogP contribution in [0.3, 0.4) is 0 Å². The monoisotopic (exact) mass is 488 g/mol. The molecule has 1 N–H and O–H groups in total. The van der Waals surface area contributed by atoms with E-state index in [2.05, 4.69) is 20.4 Å². The lowest BCUT2D eigenvalue weighted by molar-refractivity contribution is -0.138. The Balaban J connectivity index is 1.28. The zero-order valence-electron chi connectivity index (χ0n) is 19.7. The maximum atomic E-state index is 13.3. The van der Waals surface area contributed by atoms with Crippen molar-refractivity contribution >= 4 is 11.7 Å². The number of Topliss-reactive ketones (excluding diaryl/α,β-unsaturated/α-hetero) is 1. The summed E-state index contributed by atoms with van der Waals surface area (Å²) in [5, 5.41) is 11.2. The SMILES string of the molecule is O=C(NCCN1CCCCC1)c1ccc(C2CCC(C(=O)c3ccccc3C(F)(F)F)CC2)nn1. The first-order valence-electron chi connectivity index (χ1n) is 12.4. The van der Waals surface area contributed by atoms with Crippen LogP contribution in [0.5, 0.6) is 0 Å². The first kappa shape index (κ1) is 25.3. The van der Waals surface area contributed by atoms with Crippen molar-refractivity contribution in [2.75, 3.05) is 26.2 Å². The summed E-state index contributed by atoms with van der Waals surface area (Å²) in [5.41, 5.74) is -0.113. The van der Waals surface area contributed by atoms with Crippen molar-refractivity contribution in [3.05, 3.63) is 58.9 Å². The Labute approximate surface area is 203 Å². The van der Waals surface area contributed by atoms with Crippen LogP contribution in [0, 0.1) is 5.92 Å². The van der Waals surface area contributed by atoms with Gasteiger partial charge in [0, 0.05) is 30.5 Å². The summed E-state index contributed by atoms with van der Waals surface area (Å²) in [6.07, 6.45) is 1.40. The molecule has 1 amide bonds. The summed E-state index contributed by atoms with van der Waals surface area (Å²) < 4.78 is 39.9. The summed E-state index contributed by atoms with van der Waals surface area (Å²) in [5.74, 6) is -1.06. The fraction of sp³-hybridized carbons (Fsp3) is 0.538. The minimum atomic E-state index is -4.55. The number of hydrogen-bond acceptors (Lipinski definition) is 5. The molecule has 2 aliphatic rings. The maximum absolute atomic E-state index is 13.3. The third-order valence-corrected chi connectivity index (χ3v) is 7.09. The van der Waals surface area contributed by atoms with E-state index in [1.165, 1.54) is 37.5 Å². The quantitative estimate of drug-likeness (QED) is 0.563. The van der Waals surface area contributed by atoms with Gasteiger partial charge < -0.3 is 10.2 Å². The molecule has 0 unspecified atom stereocenters. The van der Waals surface area contributed by atoms with Crippen molar-refractivity contribution in [2.24, 2.45) is 5.92 Å². The van der Waals surface area contributed by atoms with Crippen LogP contribution >= 0.6 is 0 Å². The normalized spacial score (nSPS) is 21.5. The van der Waals surface area contributed by atoms with Crippen molar-refractivity contribution in [1.29, 1.82) is 0 Å². The van der Waals surface area contributed by atoms with E-state index in [1.54, 1.807) is 12.1 Å². The highest BCUT2D eigenvalue weighted by molar-refractivity contribution is 5.99. The van der Waals surface area contributed by atoms with Crippen molar-refractivity contribution in [2.45, 2.75) is 57.0 Å². The number of nitrogens with one attached hydrogen (secondary N) is 1. The number of hydrogen-bond donors (Lipinski definition) is 1. The zero-order chi connectivity index (χ0) is 24.8. The van der Waals surface area contributed by atoms with E-state index in [1.807, 2.05) is 0 Å². The first-order chi connectivity index (χ1) is 16.8. The summed E-state index contributed by atoms with van der Waals surface area (Å²) in [7, 11) is 0. The molecule has 1 saturated heterocycles. The van der Waals surface area contributed by atoms with Gasteiger partial charge in [0.15, 0.2) is 11.5 Å². The molecule has 1 aromatic heterocycles. The second kappa shape index (κ2) is 11.3. The van der Waals surface area contributed by atoms with Crippen LogP contribution in [0.15, 0.2) is 36.4 Å². The number of carbonyl (C=O) groups excluding carboxylic acids is 2. The lowest BCUT2D eigenvalue weighted by Gasteiger charge is -2.27. The number of piperidine rings is 1. The number of likely N-dealkylation sites (tertiary alicyclic amines) is 1. The zero-order valence-corrected chi connectivity index (χ0v) is 19.7. The molecule has 0 radical (unpaired) electrons. The Morgan fingerprint density at radius 2 is 1.66 bits per heavy atom. The van der Waals surface area contributed by atoms with Gasteiger partial charge in [-0.1, -0.05) is 24.6 Å². The van der Waals surface area contributed by atoms with E-state index in [0.717, 1.165) is 31.4 Å². The molecule has 0 spiro atoms. The number of ketones is 1. The highest BCUT2D eigenvalue weighted by Gasteiger charge is 2.37. The second-order valence-electron chi connectivity index (χ2n) is 9.46. The molecule has 9 heteroatoms. The van der Waals surface area contributed by atoms with Crippen LogP contribution in [0.1, 0.15) is 83.0 Å². The number of alkyl halides is 3. The molecule has 35 heavy (non-hydrogen) atoms. The van der Waals surface area contributed by atoms with Gasteiger partial charge >= 0.3 is 6.18 Å². The molecule has 1 aliphatic heterocycles. The van der Waals surface area contributed by atoms with Crippen LogP contribution in [-0.4, -0.2) is 53.0 Å². The van der Waals surface area contributed by atoms with Crippen molar-refractivity contribution < 1.29 is 22.8 Å². The van der Waals surface area contributed by atoms with Crippen LogP contribution in [0.4, 0.5) is 13.2 Å². The molecule has 2 aromatic rings. The molecule has 4 rings (SSSR count). The molecule has 1 aromatic carbocycles. The smallest absolute Gasteiger partial charge is 0.349 e. The van der Waals surface area contributed by atoms with Gasteiger partial charge in [-0.2, -0.15) is 18.3 Å². The Bertz CT molecular complexity index is 1010. The lowest BCUT2D eigenvalue weighted by Crippen LogP contribution is -2.37. The van der Waals surface area contributed by atoms with Crippen molar-refractivity contribution in [1.82, 2.24) is 20.4 Å². The van der Waals surface area contributed by atoms with E-state index in [0.29, 0.717) is 32.2 Å². The van der Waals surface area contributed by atoms with Crippen LogP contribution in [-0.2, 0) is 6.18 Å². The number of nitrogens with zero attached hydrogens (tertiary/aromatic N) is 3. The standard InChI is InChI=1S/C26H31F3N4O2/c27-26(28,29)21-7-3-2-6-20(21)24(34)19-10-8-18(9-11-19)22-12-13-23(32-31-22)25(35)30-14-17-33-15-4-1-5-16-33/h2-3,6-7,12-13,18-19H,1,4-5,8-11,14-17H2,(H,30,35). The Hall–Kier alpha value is -2.81. The van der Waals surface area contributed by atoms with Gasteiger partial charge in [0.1, 0.15) is 0 Å². The predicted molar refractivity (Wildman–Crippen MR) is 125 cm³/mol. The van der Waals surface area contributed by atoms with Gasteiger partial charge in [-0.15, -0.1) is 5.10 Å². The number of halogens is 3. The average Bonchev–Trinajstić information content (AvgIpc) is 2.88. The van der Waals surface area contributed by atoms with Gasteiger partial charge in [-0.25, -0.2) is 0 Å². The van der Waals surface area contributed by atoms with Crippen LogP contribution < -0.4 is 5.32 Å². The molecular formula is C26H31F3N4O2. The summed E-state index contributed by atoms with van der Waals surface area (Å²) in [4.78, 5) is 27.6. The average molecular weight is 489 g/mol. The molecule has 2 fully saturated rings.